The fourth-order valence-corrected chi connectivity index (χ4v) is 2.48. The molecule has 0 saturated heterocycles. The molecule has 1 aliphatic carbocycles. The first-order valence-corrected chi connectivity index (χ1v) is 5.99. The minimum Gasteiger partial charge on any atom is -0.328 e. The first-order chi connectivity index (χ1) is 7.65. The van der Waals surface area contributed by atoms with Gasteiger partial charge in [0.05, 0.1) is 0 Å². The van der Waals surface area contributed by atoms with Crippen LogP contribution >= 0.6 is 0 Å². The van der Waals surface area contributed by atoms with Crippen molar-refractivity contribution in [2.45, 2.75) is 38.6 Å². The molecule has 1 aliphatic rings. The summed E-state index contributed by atoms with van der Waals surface area (Å²) in [5.41, 5.74) is 8.17. The molecule has 0 spiro atoms. The van der Waals surface area contributed by atoms with Crippen LogP contribution in [0.15, 0.2) is 24.3 Å². The molecule has 86 valence electrons. The highest BCUT2D eigenvalue weighted by molar-refractivity contribution is 5.83. The highest BCUT2D eigenvalue weighted by Gasteiger charge is 2.27. The summed E-state index contributed by atoms with van der Waals surface area (Å²) >= 11 is 0. The second-order valence-corrected chi connectivity index (χ2v) is 4.90. The highest BCUT2D eigenvalue weighted by Crippen LogP contribution is 2.26. The van der Waals surface area contributed by atoms with Gasteiger partial charge in [-0.1, -0.05) is 29.8 Å². The zero-order chi connectivity index (χ0) is 11.5. The molecule has 2 rings (SSSR count). The van der Waals surface area contributed by atoms with Crippen LogP contribution in [0.1, 0.15) is 30.4 Å². The van der Waals surface area contributed by atoms with Crippen LogP contribution in [0.4, 0.5) is 0 Å². The Hall–Kier alpha value is -1.15. The highest BCUT2D eigenvalue weighted by atomic mass is 16.1. The Morgan fingerprint density at radius 1 is 1.44 bits per heavy atom. The fraction of sp³-hybridized carbons (Fsp3) is 0.500. The molecular formula is C14H19NO. The van der Waals surface area contributed by atoms with Crippen molar-refractivity contribution in [3.63, 3.8) is 0 Å². The van der Waals surface area contributed by atoms with E-state index in [2.05, 4.69) is 19.1 Å². The monoisotopic (exact) mass is 217 g/mol. The zero-order valence-electron chi connectivity index (χ0n) is 9.78. The molecule has 2 N–H and O–H groups in total. The third-order valence-corrected chi connectivity index (χ3v) is 3.39. The molecule has 0 aliphatic heterocycles. The summed E-state index contributed by atoms with van der Waals surface area (Å²) in [6.45, 7) is 2.06. The van der Waals surface area contributed by atoms with Crippen LogP contribution in [0.3, 0.4) is 0 Å². The lowest BCUT2D eigenvalue weighted by Gasteiger charge is -2.08. The number of ketones is 1. The molecule has 1 aromatic rings. The molecule has 1 aromatic carbocycles. The van der Waals surface area contributed by atoms with Crippen LogP contribution in [0.25, 0.3) is 0 Å². The van der Waals surface area contributed by atoms with Gasteiger partial charge in [-0.25, -0.2) is 0 Å². The maximum absolute atomic E-state index is 12.0. The van der Waals surface area contributed by atoms with E-state index in [1.807, 2.05) is 12.1 Å². The molecule has 16 heavy (non-hydrogen) atoms. The third kappa shape index (κ3) is 2.70. The van der Waals surface area contributed by atoms with Crippen molar-refractivity contribution in [1.29, 1.82) is 0 Å². The summed E-state index contributed by atoms with van der Waals surface area (Å²) in [4.78, 5) is 12.0. The molecule has 0 amide bonds. The Morgan fingerprint density at radius 2 is 2.25 bits per heavy atom. The predicted octanol–water partition coefficient (Wildman–Crippen LogP) is 2.23. The van der Waals surface area contributed by atoms with Crippen LogP contribution in [0, 0.1) is 12.8 Å². The number of hydrogen-bond acceptors (Lipinski definition) is 2. The average molecular weight is 217 g/mol. The number of nitrogens with two attached hydrogens (primary N) is 1. The Labute approximate surface area is 96.8 Å². The van der Waals surface area contributed by atoms with E-state index in [1.165, 1.54) is 5.56 Å². The number of hydrogen-bond donors (Lipinski definition) is 1. The van der Waals surface area contributed by atoms with Crippen LogP contribution in [0.2, 0.25) is 0 Å². The van der Waals surface area contributed by atoms with E-state index in [9.17, 15) is 4.79 Å². The molecule has 0 bridgehead atoms. The van der Waals surface area contributed by atoms with Crippen molar-refractivity contribution >= 4 is 5.78 Å². The van der Waals surface area contributed by atoms with E-state index in [-0.39, 0.29) is 12.0 Å². The molecule has 2 heteroatoms. The Bertz CT molecular complexity index is 386. The summed E-state index contributed by atoms with van der Waals surface area (Å²) in [5, 5.41) is 0. The van der Waals surface area contributed by atoms with Gasteiger partial charge in [-0.2, -0.15) is 0 Å². The van der Waals surface area contributed by atoms with Gasteiger partial charge in [-0.05, 0) is 31.7 Å². The zero-order valence-corrected chi connectivity index (χ0v) is 9.78. The van der Waals surface area contributed by atoms with Gasteiger partial charge < -0.3 is 5.73 Å². The van der Waals surface area contributed by atoms with E-state index in [0.717, 1.165) is 24.8 Å². The largest absolute Gasteiger partial charge is 0.328 e. The van der Waals surface area contributed by atoms with Gasteiger partial charge in [-0.3, -0.25) is 4.79 Å². The van der Waals surface area contributed by atoms with Gasteiger partial charge in [0.15, 0.2) is 0 Å². The molecule has 2 unspecified atom stereocenters. The lowest BCUT2D eigenvalue weighted by atomic mass is 9.96. The third-order valence-electron chi connectivity index (χ3n) is 3.39. The topological polar surface area (TPSA) is 43.1 Å². The van der Waals surface area contributed by atoms with E-state index in [0.29, 0.717) is 12.2 Å². The standard InChI is InChI=1S/C14H19NO/c1-10-3-2-4-11(7-10)8-14(16)12-5-6-13(15)9-12/h2-4,7,12-13H,5-6,8-9,15H2,1H3. The molecule has 1 fully saturated rings. The van der Waals surface area contributed by atoms with Crippen LogP contribution in [0.5, 0.6) is 0 Å². The molecule has 1 saturated carbocycles. The lowest BCUT2D eigenvalue weighted by Crippen LogP contribution is -2.19. The summed E-state index contributed by atoms with van der Waals surface area (Å²) in [7, 11) is 0. The quantitative estimate of drug-likeness (QED) is 0.843. The van der Waals surface area contributed by atoms with Crippen LogP contribution < -0.4 is 5.73 Å². The van der Waals surface area contributed by atoms with Gasteiger partial charge in [0, 0.05) is 18.4 Å². The predicted molar refractivity (Wildman–Crippen MR) is 65.2 cm³/mol. The Balaban J connectivity index is 1.97. The van der Waals surface area contributed by atoms with E-state index in [4.69, 9.17) is 5.73 Å². The SMILES string of the molecule is Cc1cccc(CC(=O)C2CCC(N)C2)c1. The fourth-order valence-electron chi connectivity index (χ4n) is 2.48. The maximum atomic E-state index is 12.0. The molecular weight excluding hydrogens is 198 g/mol. The number of carbonyl (C=O) groups excluding carboxylic acids is 1. The Morgan fingerprint density at radius 3 is 2.88 bits per heavy atom. The minimum atomic E-state index is 0.204. The number of carbonyl (C=O) groups is 1. The first kappa shape index (κ1) is 11.3. The number of Topliss-reactive ketones (excluding diaryl/α,β-unsaturated/α-hetero) is 1. The maximum Gasteiger partial charge on any atom is 0.140 e. The van der Waals surface area contributed by atoms with Crippen LogP contribution in [-0.4, -0.2) is 11.8 Å². The number of aryl methyl sites for hydroxylation is 1. The van der Waals surface area contributed by atoms with Gasteiger partial charge in [-0.15, -0.1) is 0 Å². The van der Waals surface area contributed by atoms with Crippen molar-refractivity contribution in [2.24, 2.45) is 11.7 Å². The molecule has 0 aromatic heterocycles. The second-order valence-electron chi connectivity index (χ2n) is 4.90. The molecule has 0 radical (unpaired) electrons. The molecule has 0 heterocycles. The minimum absolute atomic E-state index is 0.204. The van der Waals surface area contributed by atoms with Gasteiger partial charge in [0.1, 0.15) is 5.78 Å². The average Bonchev–Trinajstić information content (AvgIpc) is 2.65. The molecule has 2 nitrogen and oxygen atoms in total. The van der Waals surface area contributed by atoms with Crippen molar-refractivity contribution < 1.29 is 4.79 Å². The van der Waals surface area contributed by atoms with Gasteiger partial charge in [0.2, 0.25) is 0 Å². The van der Waals surface area contributed by atoms with Gasteiger partial charge >= 0.3 is 0 Å². The normalized spacial score (nSPS) is 24.6. The summed E-state index contributed by atoms with van der Waals surface area (Å²) < 4.78 is 0. The summed E-state index contributed by atoms with van der Waals surface area (Å²) in [5.74, 6) is 0.564. The molecule has 2 atom stereocenters. The van der Waals surface area contributed by atoms with E-state index < -0.39 is 0 Å². The van der Waals surface area contributed by atoms with E-state index >= 15 is 0 Å². The van der Waals surface area contributed by atoms with Crippen LogP contribution in [-0.2, 0) is 11.2 Å². The Kier molecular flexibility index (Phi) is 3.39. The van der Waals surface area contributed by atoms with Gasteiger partial charge in [0.25, 0.3) is 0 Å². The van der Waals surface area contributed by atoms with Crippen molar-refractivity contribution in [1.82, 2.24) is 0 Å². The summed E-state index contributed by atoms with van der Waals surface area (Å²) in [6, 6.07) is 8.43. The van der Waals surface area contributed by atoms with Crippen molar-refractivity contribution in [3.05, 3.63) is 35.4 Å². The lowest BCUT2D eigenvalue weighted by molar-refractivity contribution is -0.122. The van der Waals surface area contributed by atoms with Crippen molar-refractivity contribution in [3.8, 4) is 0 Å². The first-order valence-electron chi connectivity index (χ1n) is 5.99. The summed E-state index contributed by atoms with van der Waals surface area (Å²) in [6.07, 6.45) is 3.43. The second kappa shape index (κ2) is 4.79. The smallest absolute Gasteiger partial charge is 0.140 e. The van der Waals surface area contributed by atoms with E-state index in [1.54, 1.807) is 0 Å². The number of benzene rings is 1. The number of rotatable bonds is 3. The van der Waals surface area contributed by atoms with Crippen molar-refractivity contribution in [2.75, 3.05) is 0 Å².